The molecule has 0 radical (unpaired) electrons. The Morgan fingerprint density at radius 2 is 1.80 bits per heavy atom. The van der Waals surface area contributed by atoms with Crippen LogP contribution in [0.2, 0.25) is 0 Å². The molecule has 4 nitrogen and oxygen atoms in total. The number of hydrogen-bond acceptors (Lipinski definition) is 4. The minimum Gasteiger partial charge on any atom is -0.492 e. The molecule has 0 spiro atoms. The summed E-state index contributed by atoms with van der Waals surface area (Å²) in [5, 5.41) is 0. The van der Waals surface area contributed by atoms with Gasteiger partial charge in [0.25, 0.3) is 0 Å². The summed E-state index contributed by atoms with van der Waals surface area (Å²) in [5.74, 6) is 0.936. The smallest absolute Gasteiger partial charge is 0.119 e. The summed E-state index contributed by atoms with van der Waals surface area (Å²) in [5.41, 5.74) is 7.18. The van der Waals surface area contributed by atoms with Gasteiger partial charge in [0, 0.05) is 38.8 Å². The van der Waals surface area contributed by atoms with Gasteiger partial charge in [0.05, 0.1) is 0 Å². The maximum absolute atomic E-state index is 6.00. The molecule has 0 bridgehead atoms. The van der Waals surface area contributed by atoms with E-state index in [0.717, 1.165) is 51.5 Å². The third-order valence-electron chi connectivity index (χ3n) is 4.02. The van der Waals surface area contributed by atoms with E-state index >= 15 is 0 Å². The second kappa shape index (κ2) is 7.62. The Bertz CT molecular complexity index is 385. The predicted molar refractivity (Wildman–Crippen MR) is 83.1 cm³/mol. The minimum atomic E-state index is 0.134. The molecule has 1 heterocycles. The fraction of sp³-hybridized carbons (Fsp3) is 0.625. The van der Waals surface area contributed by atoms with Gasteiger partial charge in [0.15, 0.2) is 0 Å². The molecule has 1 aromatic rings. The summed E-state index contributed by atoms with van der Waals surface area (Å²) in [7, 11) is 2.18. The average Bonchev–Trinajstić information content (AvgIpc) is 2.49. The summed E-state index contributed by atoms with van der Waals surface area (Å²) in [6.07, 6.45) is 0.962. The molecule has 1 aliphatic rings. The topological polar surface area (TPSA) is 41.7 Å². The van der Waals surface area contributed by atoms with Crippen molar-refractivity contribution in [3.8, 4) is 5.75 Å². The van der Waals surface area contributed by atoms with Gasteiger partial charge in [-0.05, 0) is 31.2 Å². The summed E-state index contributed by atoms with van der Waals surface area (Å²) >= 11 is 0. The van der Waals surface area contributed by atoms with Crippen LogP contribution >= 0.6 is 0 Å². The second-order valence-electron chi connectivity index (χ2n) is 5.58. The van der Waals surface area contributed by atoms with Gasteiger partial charge in [-0.25, -0.2) is 0 Å². The maximum atomic E-state index is 6.00. The number of benzene rings is 1. The van der Waals surface area contributed by atoms with Crippen LogP contribution in [0, 0.1) is 0 Å². The van der Waals surface area contributed by atoms with Crippen molar-refractivity contribution < 1.29 is 4.74 Å². The molecule has 1 aliphatic heterocycles. The first-order valence-corrected chi connectivity index (χ1v) is 7.58. The van der Waals surface area contributed by atoms with Crippen LogP contribution in [-0.2, 0) is 0 Å². The summed E-state index contributed by atoms with van der Waals surface area (Å²) < 4.78 is 5.81. The minimum absolute atomic E-state index is 0.134. The Hall–Kier alpha value is -1.10. The molecule has 2 rings (SSSR count). The zero-order chi connectivity index (χ0) is 14.4. The molecular weight excluding hydrogens is 250 g/mol. The molecule has 20 heavy (non-hydrogen) atoms. The van der Waals surface area contributed by atoms with E-state index in [2.05, 4.69) is 35.9 Å². The second-order valence-corrected chi connectivity index (χ2v) is 5.58. The normalized spacial score (nSPS) is 18.9. The molecule has 0 aromatic heterocycles. The van der Waals surface area contributed by atoms with Crippen LogP contribution in [0.4, 0.5) is 0 Å². The molecule has 0 amide bonds. The van der Waals surface area contributed by atoms with Gasteiger partial charge in [-0.1, -0.05) is 19.1 Å². The highest BCUT2D eigenvalue weighted by Crippen LogP contribution is 2.18. The van der Waals surface area contributed by atoms with E-state index in [1.54, 1.807) is 0 Å². The van der Waals surface area contributed by atoms with Gasteiger partial charge in [-0.3, -0.25) is 4.90 Å². The fourth-order valence-corrected chi connectivity index (χ4v) is 2.41. The lowest BCUT2D eigenvalue weighted by molar-refractivity contribution is 0.133. The average molecular weight is 277 g/mol. The Morgan fingerprint density at radius 1 is 1.15 bits per heavy atom. The molecule has 1 saturated heterocycles. The van der Waals surface area contributed by atoms with Crippen molar-refractivity contribution in [2.75, 3.05) is 46.4 Å². The number of likely N-dealkylation sites (N-methyl/N-ethyl adjacent to an activating group) is 1. The van der Waals surface area contributed by atoms with Gasteiger partial charge < -0.3 is 15.4 Å². The Kier molecular flexibility index (Phi) is 5.83. The van der Waals surface area contributed by atoms with Crippen LogP contribution in [0.25, 0.3) is 0 Å². The fourth-order valence-electron chi connectivity index (χ4n) is 2.41. The molecule has 2 N–H and O–H groups in total. The zero-order valence-corrected chi connectivity index (χ0v) is 12.7. The molecule has 1 fully saturated rings. The number of rotatable bonds is 6. The maximum Gasteiger partial charge on any atom is 0.119 e. The van der Waals surface area contributed by atoms with E-state index in [-0.39, 0.29) is 6.04 Å². The summed E-state index contributed by atoms with van der Waals surface area (Å²) in [6, 6.07) is 8.32. The van der Waals surface area contributed by atoms with Crippen molar-refractivity contribution in [1.29, 1.82) is 0 Å². The lowest BCUT2D eigenvalue weighted by Crippen LogP contribution is -2.45. The van der Waals surface area contributed by atoms with E-state index in [9.17, 15) is 0 Å². The third kappa shape index (κ3) is 4.47. The number of nitrogens with two attached hydrogens (primary N) is 1. The molecule has 4 heteroatoms. The molecule has 1 atom stereocenters. The highest BCUT2D eigenvalue weighted by atomic mass is 16.5. The van der Waals surface area contributed by atoms with E-state index < -0.39 is 0 Å². The summed E-state index contributed by atoms with van der Waals surface area (Å²) in [4.78, 5) is 4.83. The quantitative estimate of drug-likeness (QED) is 0.860. The van der Waals surface area contributed by atoms with E-state index in [0.29, 0.717) is 0 Å². The standard InChI is InChI=1S/C16H27N3O/c1-3-16(17)14-4-6-15(7-5-14)20-13-12-19-10-8-18(2)9-11-19/h4-7,16H,3,8-13,17H2,1-2H3/t16-/m1/s1. The van der Waals surface area contributed by atoms with Crippen molar-refractivity contribution in [1.82, 2.24) is 9.80 Å². The Morgan fingerprint density at radius 3 is 2.40 bits per heavy atom. The first-order chi connectivity index (χ1) is 9.69. The van der Waals surface area contributed by atoms with Crippen molar-refractivity contribution in [3.63, 3.8) is 0 Å². The van der Waals surface area contributed by atoms with Crippen molar-refractivity contribution in [2.45, 2.75) is 19.4 Å². The largest absolute Gasteiger partial charge is 0.492 e. The van der Waals surface area contributed by atoms with Crippen LogP contribution in [0.1, 0.15) is 24.9 Å². The Balaban J connectivity index is 1.71. The molecule has 1 aromatic carbocycles. The SMILES string of the molecule is CC[C@@H](N)c1ccc(OCCN2CCN(C)CC2)cc1. The van der Waals surface area contributed by atoms with Crippen LogP contribution in [-0.4, -0.2) is 56.2 Å². The van der Waals surface area contributed by atoms with E-state index in [1.807, 2.05) is 12.1 Å². The van der Waals surface area contributed by atoms with E-state index in [1.165, 1.54) is 5.56 Å². The third-order valence-corrected chi connectivity index (χ3v) is 4.02. The predicted octanol–water partition coefficient (Wildman–Crippen LogP) is 1.72. The zero-order valence-electron chi connectivity index (χ0n) is 12.7. The Labute approximate surface area is 122 Å². The van der Waals surface area contributed by atoms with Gasteiger partial charge in [-0.2, -0.15) is 0 Å². The molecule has 112 valence electrons. The van der Waals surface area contributed by atoms with Crippen molar-refractivity contribution in [2.24, 2.45) is 5.73 Å². The first-order valence-electron chi connectivity index (χ1n) is 7.58. The number of nitrogens with zero attached hydrogens (tertiary/aromatic N) is 2. The van der Waals surface area contributed by atoms with Gasteiger partial charge >= 0.3 is 0 Å². The van der Waals surface area contributed by atoms with Gasteiger partial charge in [-0.15, -0.1) is 0 Å². The van der Waals surface area contributed by atoms with Gasteiger partial charge in [0.1, 0.15) is 12.4 Å². The lowest BCUT2D eigenvalue weighted by atomic mass is 10.1. The molecule has 0 unspecified atom stereocenters. The monoisotopic (exact) mass is 277 g/mol. The van der Waals surface area contributed by atoms with Crippen LogP contribution in [0.5, 0.6) is 5.75 Å². The first kappa shape index (κ1) is 15.3. The van der Waals surface area contributed by atoms with E-state index in [4.69, 9.17) is 10.5 Å². The lowest BCUT2D eigenvalue weighted by Gasteiger charge is -2.32. The molecule has 0 aliphatic carbocycles. The van der Waals surface area contributed by atoms with Gasteiger partial charge in [0.2, 0.25) is 0 Å². The van der Waals surface area contributed by atoms with Crippen molar-refractivity contribution in [3.05, 3.63) is 29.8 Å². The number of hydrogen-bond donors (Lipinski definition) is 1. The van der Waals surface area contributed by atoms with Crippen molar-refractivity contribution >= 4 is 0 Å². The molecular formula is C16H27N3O. The van der Waals surface area contributed by atoms with Crippen LogP contribution in [0.15, 0.2) is 24.3 Å². The highest BCUT2D eigenvalue weighted by molar-refractivity contribution is 5.28. The van der Waals surface area contributed by atoms with Crippen LogP contribution in [0.3, 0.4) is 0 Å². The van der Waals surface area contributed by atoms with Crippen LogP contribution < -0.4 is 10.5 Å². The summed E-state index contributed by atoms with van der Waals surface area (Å²) in [6.45, 7) is 8.46. The molecule has 0 saturated carbocycles. The number of piperazine rings is 1. The number of ether oxygens (including phenoxy) is 1. The highest BCUT2D eigenvalue weighted by Gasteiger charge is 2.13.